The van der Waals surface area contributed by atoms with Crippen molar-refractivity contribution in [3.05, 3.63) is 23.4 Å². The lowest BCUT2D eigenvalue weighted by Crippen LogP contribution is -2.24. The van der Waals surface area contributed by atoms with Gasteiger partial charge in [0.1, 0.15) is 5.82 Å². The molecule has 0 aromatic carbocycles. The minimum Gasteiger partial charge on any atom is -0.409 e. The van der Waals surface area contributed by atoms with Crippen LogP contribution in [-0.4, -0.2) is 29.1 Å². The fourth-order valence-electron chi connectivity index (χ4n) is 2.33. The number of pyridine rings is 1. The number of amidine groups is 1. The molecule has 0 spiro atoms. The van der Waals surface area contributed by atoms with Gasteiger partial charge in [0.05, 0.1) is 0 Å². The normalized spacial score (nSPS) is 19.3. The number of nitrogens with two attached hydrogens (primary N) is 1. The van der Waals surface area contributed by atoms with Crippen LogP contribution in [-0.2, 0) is 0 Å². The summed E-state index contributed by atoms with van der Waals surface area (Å²) in [5.41, 5.74) is 7.55. The minimum atomic E-state index is 0.125. The maximum atomic E-state index is 8.75. The van der Waals surface area contributed by atoms with Gasteiger partial charge in [-0.15, -0.1) is 0 Å². The molecule has 1 saturated heterocycles. The van der Waals surface area contributed by atoms with Crippen LogP contribution in [0, 0.1) is 12.3 Å². The largest absolute Gasteiger partial charge is 0.409 e. The maximum absolute atomic E-state index is 8.75. The molecule has 1 fully saturated rings. The first-order valence-corrected chi connectivity index (χ1v) is 6.13. The molecule has 18 heavy (non-hydrogen) atoms. The highest BCUT2D eigenvalue weighted by Gasteiger charge is 2.30. The number of nitrogens with zero attached hydrogens (tertiary/aromatic N) is 3. The standard InChI is InChI=1S/C13H20N4O/c1-9-6-10(12(14)16-18)7-11(15-9)17-5-4-13(2,3)8-17/h6-7,18H,4-5,8H2,1-3H3,(H2,14,16). The van der Waals surface area contributed by atoms with Gasteiger partial charge in [-0.25, -0.2) is 4.98 Å². The molecule has 5 nitrogen and oxygen atoms in total. The summed E-state index contributed by atoms with van der Waals surface area (Å²) in [4.78, 5) is 6.78. The van der Waals surface area contributed by atoms with E-state index in [1.807, 2.05) is 19.1 Å². The lowest BCUT2D eigenvalue weighted by atomic mass is 9.93. The Labute approximate surface area is 107 Å². The fraction of sp³-hybridized carbons (Fsp3) is 0.538. The van der Waals surface area contributed by atoms with Crippen LogP contribution in [0.1, 0.15) is 31.5 Å². The Balaban J connectivity index is 2.32. The SMILES string of the molecule is Cc1cc(/C(N)=N/O)cc(N2CCC(C)(C)C2)n1. The fourth-order valence-corrected chi connectivity index (χ4v) is 2.33. The average Bonchev–Trinajstić information content (AvgIpc) is 2.68. The molecular weight excluding hydrogens is 228 g/mol. The van der Waals surface area contributed by atoms with E-state index in [-0.39, 0.29) is 5.84 Å². The molecule has 0 bridgehead atoms. The highest BCUT2D eigenvalue weighted by atomic mass is 16.4. The number of oxime groups is 1. The van der Waals surface area contributed by atoms with Crippen molar-refractivity contribution in [2.45, 2.75) is 27.2 Å². The van der Waals surface area contributed by atoms with E-state index < -0.39 is 0 Å². The third-order valence-electron chi connectivity index (χ3n) is 3.34. The van der Waals surface area contributed by atoms with Crippen molar-refractivity contribution in [1.82, 2.24) is 4.98 Å². The van der Waals surface area contributed by atoms with Crippen LogP contribution < -0.4 is 10.6 Å². The number of anilines is 1. The van der Waals surface area contributed by atoms with Crippen molar-refractivity contribution in [3.8, 4) is 0 Å². The Morgan fingerprint density at radius 3 is 2.78 bits per heavy atom. The number of rotatable bonds is 2. The van der Waals surface area contributed by atoms with E-state index in [1.54, 1.807) is 0 Å². The molecular formula is C13H20N4O. The van der Waals surface area contributed by atoms with Gasteiger partial charge in [0.2, 0.25) is 0 Å². The van der Waals surface area contributed by atoms with Crippen LogP contribution in [0.4, 0.5) is 5.82 Å². The van der Waals surface area contributed by atoms with Crippen LogP contribution >= 0.6 is 0 Å². The summed E-state index contributed by atoms with van der Waals surface area (Å²) < 4.78 is 0. The molecule has 3 N–H and O–H groups in total. The zero-order valence-corrected chi connectivity index (χ0v) is 11.1. The summed E-state index contributed by atoms with van der Waals surface area (Å²) in [7, 11) is 0. The van der Waals surface area contributed by atoms with E-state index in [1.165, 1.54) is 0 Å². The third-order valence-corrected chi connectivity index (χ3v) is 3.34. The second kappa shape index (κ2) is 4.48. The van der Waals surface area contributed by atoms with Gasteiger partial charge in [-0.1, -0.05) is 19.0 Å². The van der Waals surface area contributed by atoms with Crippen LogP contribution in [0.5, 0.6) is 0 Å². The molecule has 0 saturated carbocycles. The molecule has 5 heteroatoms. The zero-order chi connectivity index (χ0) is 13.3. The van der Waals surface area contributed by atoms with Gasteiger partial charge in [0.25, 0.3) is 0 Å². The van der Waals surface area contributed by atoms with Crippen molar-refractivity contribution >= 4 is 11.7 Å². The lowest BCUT2D eigenvalue weighted by Gasteiger charge is -2.21. The van der Waals surface area contributed by atoms with Gasteiger partial charge in [-0.05, 0) is 30.9 Å². The second-order valence-electron chi connectivity index (χ2n) is 5.68. The third kappa shape index (κ3) is 2.55. The van der Waals surface area contributed by atoms with Crippen molar-refractivity contribution in [1.29, 1.82) is 0 Å². The predicted molar refractivity (Wildman–Crippen MR) is 72.1 cm³/mol. The van der Waals surface area contributed by atoms with E-state index in [9.17, 15) is 0 Å². The topological polar surface area (TPSA) is 74.7 Å². The summed E-state index contributed by atoms with van der Waals surface area (Å²) in [5, 5.41) is 11.8. The Morgan fingerprint density at radius 2 is 2.22 bits per heavy atom. The molecule has 1 aromatic rings. The summed E-state index contributed by atoms with van der Waals surface area (Å²) in [6, 6.07) is 3.70. The van der Waals surface area contributed by atoms with Gasteiger partial charge >= 0.3 is 0 Å². The summed E-state index contributed by atoms with van der Waals surface area (Å²) in [5.74, 6) is 1.03. The number of aryl methyl sites for hydroxylation is 1. The minimum absolute atomic E-state index is 0.125. The van der Waals surface area contributed by atoms with E-state index in [0.29, 0.717) is 11.0 Å². The predicted octanol–water partition coefficient (Wildman–Crippen LogP) is 1.72. The quantitative estimate of drug-likeness (QED) is 0.362. The van der Waals surface area contributed by atoms with Gasteiger partial charge in [0.15, 0.2) is 5.84 Å². The average molecular weight is 248 g/mol. The lowest BCUT2D eigenvalue weighted by molar-refractivity contribution is 0.318. The Bertz CT molecular complexity index is 482. The Kier molecular flexibility index (Phi) is 3.15. The Morgan fingerprint density at radius 1 is 1.50 bits per heavy atom. The number of aromatic nitrogens is 1. The molecule has 1 aromatic heterocycles. The first-order chi connectivity index (χ1) is 8.41. The highest BCUT2D eigenvalue weighted by molar-refractivity contribution is 5.97. The zero-order valence-electron chi connectivity index (χ0n) is 11.1. The van der Waals surface area contributed by atoms with Crippen molar-refractivity contribution in [2.75, 3.05) is 18.0 Å². The summed E-state index contributed by atoms with van der Waals surface area (Å²) >= 11 is 0. The second-order valence-corrected chi connectivity index (χ2v) is 5.68. The van der Waals surface area contributed by atoms with Gasteiger partial charge in [-0.3, -0.25) is 0 Å². The van der Waals surface area contributed by atoms with Crippen LogP contribution in [0.15, 0.2) is 17.3 Å². The van der Waals surface area contributed by atoms with E-state index in [2.05, 4.69) is 28.9 Å². The molecule has 0 unspecified atom stereocenters. The van der Waals surface area contributed by atoms with Crippen LogP contribution in [0.3, 0.4) is 0 Å². The highest BCUT2D eigenvalue weighted by Crippen LogP contribution is 2.31. The summed E-state index contributed by atoms with van der Waals surface area (Å²) in [6.07, 6.45) is 1.15. The molecule has 1 aliphatic heterocycles. The van der Waals surface area contributed by atoms with E-state index in [0.717, 1.165) is 31.0 Å². The molecule has 0 aliphatic carbocycles. The first kappa shape index (κ1) is 12.7. The molecule has 0 radical (unpaired) electrons. The van der Waals surface area contributed by atoms with Crippen molar-refractivity contribution in [3.63, 3.8) is 0 Å². The Hall–Kier alpha value is -1.78. The summed E-state index contributed by atoms with van der Waals surface area (Å²) in [6.45, 7) is 8.41. The number of hydrogen-bond donors (Lipinski definition) is 2. The monoisotopic (exact) mass is 248 g/mol. The van der Waals surface area contributed by atoms with Crippen LogP contribution in [0.25, 0.3) is 0 Å². The molecule has 2 rings (SSSR count). The van der Waals surface area contributed by atoms with Crippen molar-refractivity contribution < 1.29 is 5.21 Å². The molecule has 0 atom stereocenters. The van der Waals surface area contributed by atoms with E-state index >= 15 is 0 Å². The maximum Gasteiger partial charge on any atom is 0.170 e. The smallest absolute Gasteiger partial charge is 0.170 e. The van der Waals surface area contributed by atoms with Crippen molar-refractivity contribution in [2.24, 2.45) is 16.3 Å². The molecule has 98 valence electrons. The molecule has 0 amide bonds. The first-order valence-electron chi connectivity index (χ1n) is 6.13. The van der Waals surface area contributed by atoms with Gasteiger partial charge in [-0.2, -0.15) is 0 Å². The number of hydrogen-bond acceptors (Lipinski definition) is 4. The van der Waals surface area contributed by atoms with Gasteiger partial charge in [0, 0.05) is 24.3 Å². The van der Waals surface area contributed by atoms with E-state index in [4.69, 9.17) is 10.9 Å². The molecule has 2 heterocycles. The van der Waals surface area contributed by atoms with Gasteiger partial charge < -0.3 is 15.8 Å². The molecule has 1 aliphatic rings. The van der Waals surface area contributed by atoms with Crippen LogP contribution in [0.2, 0.25) is 0 Å².